The van der Waals surface area contributed by atoms with Crippen LogP contribution in [0.15, 0.2) is 89.8 Å². The van der Waals surface area contributed by atoms with E-state index < -0.39 is 6.09 Å². The molecular formula is C26H18ClN5O3S. The number of para-hydroxylation sites is 1. The number of ether oxygens (including phenoxy) is 1. The van der Waals surface area contributed by atoms with Gasteiger partial charge in [-0.2, -0.15) is 0 Å². The van der Waals surface area contributed by atoms with Gasteiger partial charge in [-0.1, -0.05) is 47.1 Å². The molecule has 0 saturated heterocycles. The second kappa shape index (κ2) is 9.37. The average Bonchev–Trinajstić information content (AvgIpc) is 3.68. The third-order valence-electron chi connectivity index (χ3n) is 5.61. The summed E-state index contributed by atoms with van der Waals surface area (Å²) in [5.41, 5.74) is 4.07. The van der Waals surface area contributed by atoms with Crippen LogP contribution in [0.3, 0.4) is 0 Å². The number of fused-ring (bicyclic) bond motifs is 1. The van der Waals surface area contributed by atoms with Crippen LogP contribution in [0.4, 0.5) is 10.5 Å². The zero-order valence-electron chi connectivity index (χ0n) is 18.6. The summed E-state index contributed by atoms with van der Waals surface area (Å²) >= 11 is 7.47. The molecule has 6 rings (SSSR count). The molecule has 2 aromatic carbocycles. The van der Waals surface area contributed by atoms with Crippen LogP contribution >= 0.6 is 22.9 Å². The van der Waals surface area contributed by atoms with E-state index in [2.05, 4.69) is 20.4 Å². The van der Waals surface area contributed by atoms with Crippen molar-refractivity contribution in [3.8, 4) is 27.8 Å². The molecule has 1 amide bonds. The Morgan fingerprint density at radius 1 is 1.11 bits per heavy atom. The largest absolute Gasteiger partial charge is 0.418 e. The summed E-state index contributed by atoms with van der Waals surface area (Å²) < 4.78 is 13.8. The third-order valence-corrected chi connectivity index (χ3v) is 6.85. The summed E-state index contributed by atoms with van der Waals surface area (Å²) in [6.45, 7) is 0.359. The second-order valence-electron chi connectivity index (χ2n) is 7.97. The molecule has 0 aliphatic heterocycles. The number of anilines is 1. The fourth-order valence-corrected chi connectivity index (χ4v) is 4.92. The first-order valence-corrected chi connectivity index (χ1v) is 12.2. The van der Waals surface area contributed by atoms with Gasteiger partial charge < -0.3 is 18.8 Å². The molecule has 0 spiro atoms. The molecule has 0 radical (unpaired) electrons. The highest BCUT2D eigenvalue weighted by Gasteiger charge is 2.17. The monoisotopic (exact) mass is 515 g/mol. The standard InChI is InChI=1S/C26H18ClN5O3S/c27-24-10-9-23(36-24)22-12-19(31-35-22)14-32-21-4-2-1-3-17(21)11-25(32)34-26(33)30-18-7-5-16(6-8-18)20-13-28-15-29-20/h1-13,15H,14H2,(H,28,29)(H,30,33). The maximum Gasteiger partial charge on any atom is 0.418 e. The lowest BCUT2D eigenvalue weighted by Crippen LogP contribution is -2.18. The maximum atomic E-state index is 12.8. The topological polar surface area (TPSA) is 98.0 Å². The van der Waals surface area contributed by atoms with E-state index in [-0.39, 0.29) is 0 Å². The van der Waals surface area contributed by atoms with Crippen molar-refractivity contribution >= 4 is 45.6 Å². The van der Waals surface area contributed by atoms with Crippen molar-refractivity contribution < 1.29 is 14.1 Å². The normalized spacial score (nSPS) is 11.1. The van der Waals surface area contributed by atoms with Crippen molar-refractivity contribution in [2.45, 2.75) is 6.54 Å². The van der Waals surface area contributed by atoms with Crippen molar-refractivity contribution in [2.24, 2.45) is 0 Å². The Morgan fingerprint density at radius 2 is 1.97 bits per heavy atom. The van der Waals surface area contributed by atoms with Gasteiger partial charge in [0, 0.05) is 23.2 Å². The highest BCUT2D eigenvalue weighted by molar-refractivity contribution is 7.19. The summed E-state index contributed by atoms with van der Waals surface area (Å²) in [6, 6.07) is 22.6. The number of hydrogen-bond donors (Lipinski definition) is 2. The zero-order chi connectivity index (χ0) is 24.5. The van der Waals surface area contributed by atoms with E-state index in [4.69, 9.17) is 20.9 Å². The lowest BCUT2D eigenvalue weighted by atomic mass is 10.1. The first-order valence-electron chi connectivity index (χ1n) is 11.0. The Hall–Kier alpha value is -4.34. The van der Waals surface area contributed by atoms with Crippen molar-refractivity contribution in [2.75, 3.05) is 5.32 Å². The van der Waals surface area contributed by atoms with E-state index in [1.165, 1.54) is 11.3 Å². The smallest absolute Gasteiger partial charge is 0.393 e. The Labute approximate surface area is 214 Å². The first-order chi connectivity index (χ1) is 17.6. The third kappa shape index (κ3) is 4.49. The van der Waals surface area contributed by atoms with Gasteiger partial charge >= 0.3 is 6.09 Å². The number of hydrogen-bond acceptors (Lipinski definition) is 6. The highest BCUT2D eigenvalue weighted by atomic mass is 35.5. The van der Waals surface area contributed by atoms with Crippen molar-refractivity contribution in [3.05, 3.63) is 95.4 Å². The SMILES string of the molecule is O=C(Nc1ccc(-c2cnc[nH]2)cc1)Oc1cc2ccccc2n1Cc1cc(-c2ccc(Cl)s2)on1. The van der Waals surface area contributed by atoms with E-state index >= 15 is 0 Å². The number of carbonyl (C=O) groups excluding carboxylic acids is 1. The van der Waals surface area contributed by atoms with Gasteiger partial charge in [-0.3, -0.25) is 5.32 Å². The predicted octanol–water partition coefficient (Wildman–Crippen LogP) is 7.06. The van der Waals surface area contributed by atoms with Crippen LogP contribution in [-0.4, -0.2) is 25.8 Å². The number of imidazole rings is 1. The molecule has 6 aromatic rings. The Morgan fingerprint density at radius 3 is 2.75 bits per heavy atom. The van der Waals surface area contributed by atoms with Gasteiger partial charge in [0.25, 0.3) is 0 Å². The Bertz CT molecular complexity index is 1650. The average molecular weight is 516 g/mol. The van der Waals surface area contributed by atoms with Gasteiger partial charge in [0.1, 0.15) is 5.69 Å². The van der Waals surface area contributed by atoms with E-state index in [1.807, 2.05) is 65.2 Å². The molecule has 0 atom stereocenters. The van der Waals surface area contributed by atoms with Gasteiger partial charge in [0.05, 0.1) is 39.5 Å². The number of benzene rings is 2. The fraction of sp³-hybridized carbons (Fsp3) is 0.0385. The summed E-state index contributed by atoms with van der Waals surface area (Å²) in [5.74, 6) is 1.03. The predicted molar refractivity (Wildman–Crippen MR) is 140 cm³/mol. The number of nitrogens with zero attached hydrogens (tertiary/aromatic N) is 3. The van der Waals surface area contributed by atoms with Crippen molar-refractivity contribution in [3.63, 3.8) is 0 Å². The lowest BCUT2D eigenvalue weighted by molar-refractivity contribution is 0.211. The number of aromatic nitrogens is 4. The van der Waals surface area contributed by atoms with Gasteiger partial charge in [0.2, 0.25) is 5.88 Å². The number of halogens is 1. The minimum absolute atomic E-state index is 0.359. The molecule has 0 aliphatic carbocycles. The molecule has 8 nitrogen and oxygen atoms in total. The number of rotatable bonds is 6. The maximum absolute atomic E-state index is 12.8. The summed E-state index contributed by atoms with van der Waals surface area (Å²) in [7, 11) is 0. The van der Waals surface area contributed by atoms with Crippen molar-refractivity contribution in [1.82, 2.24) is 19.7 Å². The fourth-order valence-electron chi connectivity index (χ4n) is 3.93. The van der Waals surface area contributed by atoms with Crippen LogP contribution < -0.4 is 10.1 Å². The van der Waals surface area contributed by atoms with E-state index in [0.717, 1.165) is 27.0 Å². The van der Waals surface area contributed by atoms with Gasteiger partial charge in [-0.25, -0.2) is 9.78 Å². The molecule has 0 saturated carbocycles. The molecule has 4 heterocycles. The lowest BCUT2D eigenvalue weighted by Gasteiger charge is -2.10. The van der Waals surface area contributed by atoms with Crippen LogP contribution in [-0.2, 0) is 6.54 Å². The molecule has 4 aromatic heterocycles. The molecule has 10 heteroatoms. The van der Waals surface area contributed by atoms with E-state index in [1.54, 1.807) is 24.7 Å². The van der Waals surface area contributed by atoms with Gasteiger partial charge in [-0.15, -0.1) is 11.3 Å². The first kappa shape index (κ1) is 22.1. The summed E-state index contributed by atoms with van der Waals surface area (Å²) in [5, 5.41) is 7.93. The Balaban J connectivity index is 1.22. The molecule has 178 valence electrons. The number of amides is 1. The van der Waals surface area contributed by atoms with E-state index in [0.29, 0.717) is 33.9 Å². The number of thiophene rings is 1. The zero-order valence-corrected chi connectivity index (χ0v) is 20.2. The molecule has 0 bridgehead atoms. The second-order valence-corrected chi connectivity index (χ2v) is 9.69. The molecule has 36 heavy (non-hydrogen) atoms. The van der Waals surface area contributed by atoms with Crippen LogP contribution in [0.25, 0.3) is 32.8 Å². The quantitative estimate of drug-likeness (QED) is 0.247. The van der Waals surface area contributed by atoms with E-state index in [9.17, 15) is 4.79 Å². The minimum atomic E-state index is -0.595. The minimum Gasteiger partial charge on any atom is -0.393 e. The van der Waals surface area contributed by atoms with Crippen LogP contribution in [0.1, 0.15) is 5.69 Å². The number of aromatic amines is 1. The molecule has 0 aliphatic rings. The molecule has 0 unspecified atom stereocenters. The van der Waals surface area contributed by atoms with Crippen molar-refractivity contribution in [1.29, 1.82) is 0 Å². The van der Waals surface area contributed by atoms with Gasteiger partial charge in [0.15, 0.2) is 5.76 Å². The summed E-state index contributed by atoms with van der Waals surface area (Å²) in [4.78, 5) is 20.7. The van der Waals surface area contributed by atoms with Crippen LogP contribution in [0.5, 0.6) is 5.88 Å². The molecular weight excluding hydrogens is 498 g/mol. The molecule has 2 N–H and O–H groups in total. The number of H-pyrrole nitrogens is 1. The van der Waals surface area contributed by atoms with Gasteiger partial charge in [-0.05, 0) is 35.9 Å². The summed E-state index contributed by atoms with van der Waals surface area (Å²) in [6.07, 6.45) is 2.76. The van der Waals surface area contributed by atoms with Crippen LogP contribution in [0.2, 0.25) is 4.34 Å². The Kier molecular flexibility index (Phi) is 5.76. The molecule has 0 fully saturated rings. The highest BCUT2D eigenvalue weighted by Crippen LogP contribution is 2.32. The number of carbonyl (C=O) groups is 1. The number of nitrogens with one attached hydrogen (secondary N) is 2. The van der Waals surface area contributed by atoms with Crippen LogP contribution in [0, 0.1) is 0 Å².